The average Bonchev–Trinajstić information content (AvgIpc) is 2.64. The number of hydrogen-bond acceptors (Lipinski definition) is 4. The molecule has 0 bridgehead atoms. The van der Waals surface area contributed by atoms with Crippen LogP contribution in [-0.2, 0) is 13.0 Å². The number of aryl methyl sites for hydroxylation is 2. The molecule has 0 aromatic carbocycles. The molecule has 0 spiro atoms. The summed E-state index contributed by atoms with van der Waals surface area (Å²) in [6.07, 6.45) is 4.97. The van der Waals surface area contributed by atoms with E-state index < -0.39 is 7.94 Å². The fraction of sp³-hybridized carbons (Fsp3) is 0.667. The summed E-state index contributed by atoms with van der Waals surface area (Å²) >= 11 is 0. The second kappa shape index (κ2) is 6.90. The molecule has 1 aromatic rings. The maximum Gasteiger partial charge on any atom is 0.108 e. The van der Waals surface area contributed by atoms with Gasteiger partial charge < -0.3 is 4.57 Å². The van der Waals surface area contributed by atoms with Crippen LogP contribution < -0.4 is 0 Å². The van der Waals surface area contributed by atoms with Gasteiger partial charge >= 0.3 is 35.7 Å². The average molecular weight is 236 g/mol. The SMILES string of the molecule is CC[PH](O)(O)O.CCc1nccn1CC. The van der Waals surface area contributed by atoms with Gasteiger partial charge in [0.1, 0.15) is 5.82 Å². The number of imidazole rings is 1. The third-order valence-electron chi connectivity index (χ3n) is 1.93. The Morgan fingerprint density at radius 2 is 1.80 bits per heavy atom. The van der Waals surface area contributed by atoms with Gasteiger partial charge in [0, 0.05) is 25.4 Å². The van der Waals surface area contributed by atoms with Crippen molar-refractivity contribution in [1.82, 2.24) is 9.55 Å². The molecular weight excluding hydrogens is 215 g/mol. The van der Waals surface area contributed by atoms with Crippen molar-refractivity contribution in [2.24, 2.45) is 0 Å². The standard InChI is InChI=1S/C7H12N2.C2H9O3P/c1-3-7-8-5-6-9(7)4-2;1-2-6(3,4)5/h5-6H,3-4H2,1-2H3;3-6H,2H2,1H3. The van der Waals surface area contributed by atoms with Gasteiger partial charge in [-0.3, -0.25) is 0 Å². The van der Waals surface area contributed by atoms with Crippen LogP contribution in [0.5, 0.6) is 0 Å². The van der Waals surface area contributed by atoms with Gasteiger partial charge in [0.25, 0.3) is 0 Å². The number of hydrogen-bond donors (Lipinski definition) is 3. The molecule has 1 rings (SSSR count). The topological polar surface area (TPSA) is 78.5 Å². The molecular formula is C9H21N2O3P. The predicted octanol–water partition coefficient (Wildman–Crippen LogP) is 0.943. The number of nitrogens with zero attached hydrogens (tertiary/aromatic N) is 2. The molecule has 0 saturated carbocycles. The van der Waals surface area contributed by atoms with Crippen LogP contribution in [0.25, 0.3) is 0 Å². The van der Waals surface area contributed by atoms with Gasteiger partial charge in [0.15, 0.2) is 0 Å². The van der Waals surface area contributed by atoms with E-state index in [-0.39, 0.29) is 6.16 Å². The molecule has 0 amide bonds. The zero-order chi connectivity index (χ0) is 11.9. The van der Waals surface area contributed by atoms with Crippen LogP contribution >= 0.6 is 7.94 Å². The first kappa shape index (κ1) is 14.5. The van der Waals surface area contributed by atoms with E-state index in [9.17, 15) is 0 Å². The maximum absolute atomic E-state index is 8.08. The van der Waals surface area contributed by atoms with Crippen LogP contribution in [0.2, 0.25) is 0 Å². The molecule has 0 unspecified atom stereocenters. The smallest absolute Gasteiger partial charge is 0.108 e. The van der Waals surface area contributed by atoms with Crippen molar-refractivity contribution in [1.29, 1.82) is 0 Å². The summed E-state index contributed by atoms with van der Waals surface area (Å²) in [5.41, 5.74) is 0. The monoisotopic (exact) mass is 236 g/mol. The summed E-state index contributed by atoms with van der Waals surface area (Å²) in [5, 5.41) is 0. The van der Waals surface area contributed by atoms with Gasteiger partial charge in [0.05, 0.1) is 0 Å². The third kappa shape index (κ3) is 6.57. The Morgan fingerprint density at radius 3 is 2.07 bits per heavy atom. The van der Waals surface area contributed by atoms with Gasteiger partial charge in [-0.1, -0.05) is 6.92 Å². The Morgan fingerprint density at radius 1 is 1.27 bits per heavy atom. The first-order chi connectivity index (χ1) is 6.94. The number of rotatable bonds is 3. The van der Waals surface area contributed by atoms with Crippen molar-refractivity contribution in [3.05, 3.63) is 18.2 Å². The van der Waals surface area contributed by atoms with Crippen molar-refractivity contribution in [2.75, 3.05) is 6.16 Å². The molecule has 0 atom stereocenters. The molecule has 0 aliphatic carbocycles. The van der Waals surface area contributed by atoms with E-state index in [4.69, 9.17) is 14.7 Å². The van der Waals surface area contributed by atoms with E-state index in [2.05, 4.69) is 23.4 Å². The van der Waals surface area contributed by atoms with Crippen molar-refractivity contribution in [3.8, 4) is 0 Å². The zero-order valence-corrected chi connectivity index (χ0v) is 10.5. The minimum atomic E-state index is -3.63. The van der Waals surface area contributed by atoms with Crippen molar-refractivity contribution < 1.29 is 14.7 Å². The van der Waals surface area contributed by atoms with Crippen LogP contribution in [0.1, 0.15) is 26.6 Å². The van der Waals surface area contributed by atoms with Crippen LogP contribution in [0, 0.1) is 0 Å². The fourth-order valence-electron chi connectivity index (χ4n) is 0.942. The van der Waals surface area contributed by atoms with E-state index >= 15 is 0 Å². The zero-order valence-electron chi connectivity index (χ0n) is 9.51. The predicted molar refractivity (Wildman–Crippen MR) is 62.8 cm³/mol. The van der Waals surface area contributed by atoms with Crippen molar-refractivity contribution >= 4 is 7.94 Å². The van der Waals surface area contributed by atoms with Gasteiger partial charge in [-0.2, -0.15) is 0 Å². The van der Waals surface area contributed by atoms with Crippen molar-refractivity contribution in [3.63, 3.8) is 0 Å². The Balaban J connectivity index is 0.000000288. The summed E-state index contributed by atoms with van der Waals surface area (Å²) < 4.78 is 2.15. The quantitative estimate of drug-likeness (QED) is 0.682. The van der Waals surface area contributed by atoms with Gasteiger partial charge in [0.2, 0.25) is 0 Å². The van der Waals surface area contributed by atoms with E-state index in [1.54, 1.807) is 0 Å². The molecule has 6 heteroatoms. The first-order valence-corrected chi connectivity index (χ1v) is 7.16. The molecule has 5 nitrogen and oxygen atoms in total. The molecule has 1 aromatic heterocycles. The van der Waals surface area contributed by atoms with Gasteiger partial charge in [-0.25, -0.2) is 4.98 Å². The normalized spacial score (nSPS) is 11.9. The molecule has 0 radical (unpaired) electrons. The molecule has 15 heavy (non-hydrogen) atoms. The largest absolute Gasteiger partial charge is 0.335 e. The molecule has 0 aliphatic heterocycles. The van der Waals surface area contributed by atoms with Crippen LogP contribution in [0.3, 0.4) is 0 Å². The molecule has 1 heterocycles. The second-order valence-corrected chi connectivity index (χ2v) is 5.37. The molecule has 0 fully saturated rings. The third-order valence-corrected chi connectivity index (χ3v) is 2.88. The van der Waals surface area contributed by atoms with E-state index in [0.29, 0.717) is 0 Å². The van der Waals surface area contributed by atoms with Gasteiger partial charge in [-0.05, 0) is 6.92 Å². The summed E-state index contributed by atoms with van der Waals surface area (Å²) in [5.74, 6) is 1.18. The Hall–Kier alpha value is -0.480. The van der Waals surface area contributed by atoms with E-state index in [1.165, 1.54) is 12.7 Å². The summed E-state index contributed by atoms with van der Waals surface area (Å²) in [4.78, 5) is 28.4. The first-order valence-electron chi connectivity index (χ1n) is 5.11. The molecule has 3 N–H and O–H groups in total. The molecule has 90 valence electrons. The van der Waals surface area contributed by atoms with Gasteiger partial charge in [-0.15, -0.1) is 0 Å². The fourth-order valence-corrected chi connectivity index (χ4v) is 0.942. The van der Waals surface area contributed by atoms with Crippen LogP contribution in [-0.4, -0.2) is 30.4 Å². The van der Waals surface area contributed by atoms with E-state index in [1.807, 2.05) is 12.4 Å². The molecule has 0 saturated heterocycles. The van der Waals surface area contributed by atoms with Crippen molar-refractivity contribution in [2.45, 2.75) is 33.7 Å². The summed E-state index contributed by atoms with van der Waals surface area (Å²) in [7, 11) is -3.63. The minimum absolute atomic E-state index is 0.0764. The summed E-state index contributed by atoms with van der Waals surface area (Å²) in [6, 6.07) is 0. The summed E-state index contributed by atoms with van der Waals surface area (Å²) in [6.45, 7) is 6.80. The second-order valence-electron chi connectivity index (χ2n) is 3.11. The Kier molecular flexibility index (Phi) is 6.68. The Bertz CT molecular complexity index is 252. The van der Waals surface area contributed by atoms with E-state index in [0.717, 1.165) is 13.0 Å². The van der Waals surface area contributed by atoms with Crippen LogP contribution in [0.4, 0.5) is 0 Å². The maximum atomic E-state index is 8.08. The Labute approximate surface area is 91.0 Å². The molecule has 0 aliphatic rings. The van der Waals surface area contributed by atoms with Crippen LogP contribution in [0.15, 0.2) is 12.4 Å². The minimum Gasteiger partial charge on any atom is -0.335 e. The number of aromatic nitrogens is 2.